The van der Waals surface area contributed by atoms with Gasteiger partial charge in [0.2, 0.25) is 11.2 Å². The van der Waals surface area contributed by atoms with Crippen LogP contribution in [-0.2, 0) is 38.7 Å². The highest BCUT2D eigenvalue weighted by Crippen LogP contribution is 2.46. The summed E-state index contributed by atoms with van der Waals surface area (Å²) in [4.78, 5) is 10.8. The maximum Gasteiger partial charge on any atom is 0.425 e. The van der Waals surface area contributed by atoms with E-state index in [4.69, 9.17) is 23.4 Å². The summed E-state index contributed by atoms with van der Waals surface area (Å²) in [5.74, 6) is -0.794. The second-order valence-electron chi connectivity index (χ2n) is 9.00. The third-order valence-electron chi connectivity index (χ3n) is 6.24. The van der Waals surface area contributed by atoms with E-state index in [2.05, 4.69) is 0 Å². The Hall–Kier alpha value is -3.87. The Morgan fingerprint density at radius 3 is 1.43 bits per heavy atom. The van der Waals surface area contributed by atoms with Gasteiger partial charge in [-0.2, -0.15) is 26.3 Å². The van der Waals surface area contributed by atoms with Crippen LogP contribution in [0.5, 0.6) is 0 Å². The zero-order valence-electron chi connectivity index (χ0n) is 22.1. The molecule has 2 atom stereocenters. The Labute approximate surface area is 237 Å². The van der Waals surface area contributed by atoms with Crippen molar-refractivity contribution >= 4 is 6.29 Å². The molecule has 2 aromatic carbocycles. The molecule has 0 saturated carbocycles. The van der Waals surface area contributed by atoms with Gasteiger partial charge in [-0.05, 0) is 35.4 Å². The van der Waals surface area contributed by atoms with Crippen molar-refractivity contribution in [1.82, 2.24) is 0 Å². The molecule has 0 aliphatic heterocycles. The van der Waals surface area contributed by atoms with Gasteiger partial charge in [-0.15, -0.1) is 0 Å². The standard InChI is InChI=1S/C15H15F3O3.C15H13F3O3/c2*16-15(17,18)14(8-9-19,13-7-4-10-20-13)21-11-12-5-2-1-3-6-12/h1-7,10,19H,8-9,11H2;1-7,9-10H,8,11H2. The maximum absolute atomic E-state index is 13.5. The molecule has 4 rings (SSSR count). The molecule has 6 nitrogen and oxygen atoms in total. The number of benzene rings is 2. The zero-order chi connectivity index (χ0) is 30.7. The zero-order valence-corrected chi connectivity index (χ0v) is 22.1. The van der Waals surface area contributed by atoms with Crippen molar-refractivity contribution in [2.24, 2.45) is 0 Å². The molecule has 0 radical (unpaired) electrons. The van der Waals surface area contributed by atoms with Crippen molar-refractivity contribution in [3.63, 3.8) is 0 Å². The lowest BCUT2D eigenvalue weighted by molar-refractivity contribution is -0.299. The average Bonchev–Trinajstić information content (AvgIpc) is 3.69. The number of aldehydes is 1. The fourth-order valence-electron chi connectivity index (χ4n) is 4.05. The number of aliphatic hydroxyl groups is 1. The van der Waals surface area contributed by atoms with Gasteiger partial charge >= 0.3 is 12.4 Å². The number of rotatable bonds is 12. The van der Waals surface area contributed by atoms with E-state index in [-0.39, 0.29) is 25.3 Å². The molecule has 1 N–H and O–H groups in total. The van der Waals surface area contributed by atoms with Gasteiger partial charge in [-0.3, -0.25) is 0 Å². The Bertz CT molecular complexity index is 1310. The molecular weight excluding hydrogens is 570 g/mol. The number of hydrogen-bond donors (Lipinski definition) is 1. The number of alkyl halides is 6. The first kappa shape index (κ1) is 32.6. The molecule has 2 unspecified atom stereocenters. The first-order valence-corrected chi connectivity index (χ1v) is 12.6. The van der Waals surface area contributed by atoms with Gasteiger partial charge in [0.05, 0.1) is 25.7 Å². The highest BCUT2D eigenvalue weighted by Gasteiger charge is 2.60. The Kier molecular flexibility index (Phi) is 11.1. The van der Waals surface area contributed by atoms with Crippen LogP contribution < -0.4 is 0 Å². The summed E-state index contributed by atoms with van der Waals surface area (Å²) in [6.45, 7) is -1.19. The van der Waals surface area contributed by atoms with Crippen LogP contribution in [-0.4, -0.2) is 30.4 Å². The quantitative estimate of drug-likeness (QED) is 0.135. The molecule has 2 aromatic heterocycles. The monoisotopic (exact) mass is 598 g/mol. The minimum absolute atomic E-state index is 0.182. The van der Waals surface area contributed by atoms with Crippen molar-refractivity contribution in [2.75, 3.05) is 6.61 Å². The van der Waals surface area contributed by atoms with Gasteiger partial charge in [-0.1, -0.05) is 60.7 Å². The Morgan fingerprint density at radius 1 is 0.643 bits per heavy atom. The lowest BCUT2D eigenvalue weighted by atomic mass is 9.95. The highest BCUT2D eigenvalue weighted by atomic mass is 19.4. The van der Waals surface area contributed by atoms with E-state index < -0.39 is 48.8 Å². The summed E-state index contributed by atoms with van der Waals surface area (Å²) in [6.07, 6.45) is -8.52. The van der Waals surface area contributed by atoms with E-state index in [9.17, 15) is 31.1 Å². The summed E-state index contributed by atoms with van der Waals surface area (Å²) in [6, 6.07) is 22.0. The summed E-state index contributed by atoms with van der Waals surface area (Å²) in [5.41, 5.74) is -4.24. The second kappa shape index (κ2) is 14.3. The summed E-state index contributed by atoms with van der Waals surface area (Å²) < 4.78 is 101. The third kappa shape index (κ3) is 7.69. The van der Waals surface area contributed by atoms with Crippen molar-refractivity contribution in [3.8, 4) is 0 Å². The number of halogens is 6. The predicted molar refractivity (Wildman–Crippen MR) is 138 cm³/mol. The number of furan rings is 2. The molecule has 2 heterocycles. The summed E-state index contributed by atoms with van der Waals surface area (Å²) >= 11 is 0. The van der Waals surface area contributed by atoms with Crippen molar-refractivity contribution in [2.45, 2.75) is 49.6 Å². The molecule has 226 valence electrons. The average molecular weight is 599 g/mol. The molecule has 0 saturated heterocycles. The Balaban J connectivity index is 0.000000230. The molecule has 0 amide bonds. The number of carbonyl (C=O) groups excluding carboxylic acids is 1. The number of aliphatic hydroxyl groups excluding tert-OH is 1. The molecule has 42 heavy (non-hydrogen) atoms. The Morgan fingerprint density at radius 2 is 1.07 bits per heavy atom. The molecule has 12 heteroatoms. The SMILES string of the molecule is O=CCC(OCc1ccccc1)(c1ccco1)C(F)(F)F.OCCC(OCc1ccccc1)(c1ccco1)C(F)(F)F. The van der Waals surface area contributed by atoms with Gasteiger partial charge in [0, 0.05) is 19.4 Å². The predicted octanol–water partition coefficient (Wildman–Crippen LogP) is 7.48. The fraction of sp³-hybridized carbons (Fsp3) is 0.300. The molecule has 0 aliphatic rings. The van der Waals surface area contributed by atoms with E-state index in [0.717, 1.165) is 18.6 Å². The molecule has 0 spiro atoms. The van der Waals surface area contributed by atoms with Crippen LogP contribution in [0.2, 0.25) is 0 Å². The molecule has 0 fully saturated rings. The lowest BCUT2D eigenvalue weighted by Crippen LogP contribution is -2.45. The number of hydrogen-bond acceptors (Lipinski definition) is 6. The molecular formula is C30H28F6O6. The topological polar surface area (TPSA) is 82.0 Å². The minimum atomic E-state index is -4.78. The smallest absolute Gasteiger partial charge is 0.425 e. The van der Waals surface area contributed by atoms with Gasteiger partial charge in [0.1, 0.15) is 17.8 Å². The van der Waals surface area contributed by atoms with E-state index >= 15 is 0 Å². The van der Waals surface area contributed by atoms with E-state index in [1.54, 1.807) is 60.7 Å². The van der Waals surface area contributed by atoms with E-state index in [1.165, 1.54) is 18.2 Å². The van der Waals surface area contributed by atoms with Crippen LogP contribution in [0.1, 0.15) is 35.5 Å². The van der Waals surface area contributed by atoms with E-state index in [1.807, 2.05) is 0 Å². The van der Waals surface area contributed by atoms with Crippen LogP contribution in [0.25, 0.3) is 0 Å². The maximum atomic E-state index is 13.5. The molecule has 4 aromatic rings. The fourth-order valence-corrected chi connectivity index (χ4v) is 4.05. The first-order valence-electron chi connectivity index (χ1n) is 12.6. The minimum Gasteiger partial charge on any atom is -0.466 e. The number of ether oxygens (including phenoxy) is 2. The molecule has 0 bridgehead atoms. The largest absolute Gasteiger partial charge is 0.466 e. The van der Waals surface area contributed by atoms with Crippen molar-refractivity contribution in [3.05, 3.63) is 120 Å². The van der Waals surface area contributed by atoms with Crippen LogP contribution in [0, 0.1) is 0 Å². The summed E-state index contributed by atoms with van der Waals surface area (Å²) in [7, 11) is 0. The third-order valence-corrected chi connectivity index (χ3v) is 6.24. The summed E-state index contributed by atoms with van der Waals surface area (Å²) in [5, 5.41) is 9.04. The second-order valence-corrected chi connectivity index (χ2v) is 9.00. The molecule has 0 aliphatic carbocycles. The number of carbonyl (C=O) groups is 1. The lowest BCUT2D eigenvalue weighted by Gasteiger charge is -2.33. The van der Waals surface area contributed by atoms with Crippen LogP contribution in [0.15, 0.2) is 106 Å². The van der Waals surface area contributed by atoms with Gasteiger partial charge in [-0.25, -0.2) is 0 Å². The first-order chi connectivity index (χ1) is 20.0. The van der Waals surface area contributed by atoms with Crippen molar-refractivity contribution in [1.29, 1.82) is 0 Å². The highest BCUT2D eigenvalue weighted by molar-refractivity contribution is 5.52. The van der Waals surface area contributed by atoms with Gasteiger partial charge in [0.25, 0.3) is 0 Å². The van der Waals surface area contributed by atoms with Crippen LogP contribution >= 0.6 is 0 Å². The van der Waals surface area contributed by atoms with Crippen LogP contribution in [0.3, 0.4) is 0 Å². The normalized spacial score (nSPS) is 14.7. The van der Waals surface area contributed by atoms with Gasteiger partial charge in [0.15, 0.2) is 0 Å². The van der Waals surface area contributed by atoms with E-state index in [0.29, 0.717) is 11.1 Å². The van der Waals surface area contributed by atoms with Crippen molar-refractivity contribution < 1.29 is 54.6 Å². The van der Waals surface area contributed by atoms with Crippen LogP contribution in [0.4, 0.5) is 26.3 Å². The van der Waals surface area contributed by atoms with Gasteiger partial charge < -0.3 is 28.2 Å².